The quantitative estimate of drug-likeness (QED) is 0.767. The second-order valence-electron chi connectivity index (χ2n) is 7.53. The van der Waals surface area contributed by atoms with Crippen LogP contribution in [0.5, 0.6) is 0 Å². The maximum Gasteiger partial charge on any atom is 0.173 e. The molecule has 3 nitrogen and oxygen atoms in total. The first-order chi connectivity index (χ1) is 12.4. The first kappa shape index (κ1) is 18.7. The smallest absolute Gasteiger partial charge is 0.173 e. The minimum atomic E-state index is 0.425. The van der Waals surface area contributed by atoms with Gasteiger partial charge < -0.3 is 15.1 Å². The Hall–Kier alpha value is -2.07. The summed E-state index contributed by atoms with van der Waals surface area (Å²) in [6.07, 6.45) is 0. The normalized spacial score (nSPS) is 17.5. The maximum atomic E-state index is 5.66. The Balaban J connectivity index is 1.59. The lowest BCUT2D eigenvalue weighted by Gasteiger charge is -2.42. The summed E-state index contributed by atoms with van der Waals surface area (Å²) in [7, 11) is 0. The van der Waals surface area contributed by atoms with E-state index in [1.807, 2.05) is 0 Å². The van der Waals surface area contributed by atoms with Gasteiger partial charge in [0, 0.05) is 37.1 Å². The Morgan fingerprint density at radius 2 is 1.69 bits per heavy atom. The van der Waals surface area contributed by atoms with Crippen LogP contribution < -0.4 is 10.2 Å². The summed E-state index contributed by atoms with van der Waals surface area (Å²) in [5.74, 6) is 0.548. The van der Waals surface area contributed by atoms with E-state index in [-0.39, 0.29) is 0 Å². The third-order valence-electron chi connectivity index (χ3n) is 5.11. The lowest BCUT2D eigenvalue weighted by atomic mass is 10.0. The molecule has 1 aliphatic heterocycles. The van der Waals surface area contributed by atoms with Gasteiger partial charge in [0.15, 0.2) is 5.11 Å². The highest BCUT2D eigenvalue weighted by Crippen LogP contribution is 2.22. The Morgan fingerprint density at radius 3 is 2.27 bits per heavy atom. The van der Waals surface area contributed by atoms with Gasteiger partial charge >= 0.3 is 0 Å². The van der Waals surface area contributed by atoms with Crippen molar-refractivity contribution < 1.29 is 0 Å². The topological polar surface area (TPSA) is 18.5 Å². The van der Waals surface area contributed by atoms with E-state index >= 15 is 0 Å². The molecule has 1 atom stereocenters. The van der Waals surface area contributed by atoms with Crippen LogP contribution in [0.1, 0.15) is 37.8 Å². The van der Waals surface area contributed by atoms with Crippen molar-refractivity contribution in [1.29, 1.82) is 0 Å². The van der Waals surface area contributed by atoms with Gasteiger partial charge in [0.1, 0.15) is 0 Å². The molecule has 0 spiro atoms. The van der Waals surface area contributed by atoms with E-state index in [2.05, 4.69) is 91.3 Å². The number of thiocarbonyl (C=S) groups is 1. The standard InChI is InChI=1S/C22H29N3S/c1-16(2)19-7-9-20(10-8-19)23-22(26)24-13-14-25(18(4)15-24)21-11-5-17(3)6-12-21/h5-12,16,18H,13-15H2,1-4H3,(H,23,26). The lowest BCUT2D eigenvalue weighted by molar-refractivity contribution is 0.342. The summed E-state index contributed by atoms with van der Waals surface area (Å²) in [5.41, 5.74) is 5.01. The highest BCUT2D eigenvalue weighted by molar-refractivity contribution is 7.80. The maximum absolute atomic E-state index is 5.66. The number of hydrogen-bond donors (Lipinski definition) is 1. The van der Waals surface area contributed by atoms with Gasteiger partial charge in [-0.3, -0.25) is 0 Å². The Kier molecular flexibility index (Phi) is 5.82. The average molecular weight is 368 g/mol. The number of nitrogens with one attached hydrogen (secondary N) is 1. The molecule has 1 heterocycles. The zero-order chi connectivity index (χ0) is 18.7. The van der Waals surface area contributed by atoms with Crippen LogP contribution in [0.2, 0.25) is 0 Å². The van der Waals surface area contributed by atoms with E-state index in [1.165, 1.54) is 16.8 Å². The third kappa shape index (κ3) is 4.36. The number of nitrogens with zero attached hydrogens (tertiary/aromatic N) is 2. The van der Waals surface area contributed by atoms with Gasteiger partial charge in [-0.1, -0.05) is 43.7 Å². The molecule has 26 heavy (non-hydrogen) atoms. The molecule has 0 radical (unpaired) electrons. The van der Waals surface area contributed by atoms with Gasteiger partial charge in [0.25, 0.3) is 0 Å². The van der Waals surface area contributed by atoms with E-state index in [0.717, 1.165) is 30.4 Å². The monoisotopic (exact) mass is 367 g/mol. The van der Waals surface area contributed by atoms with E-state index < -0.39 is 0 Å². The van der Waals surface area contributed by atoms with Gasteiger partial charge in [0.05, 0.1) is 0 Å². The number of anilines is 2. The van der Waals surface area contributed by atoms with Crippen molar-refractivity contribution in [2.24, 2.45) is 0 Å². The molecule has 2 aromatic rings. The predicted octanol–water partition coefficient (Wildman–Crippen LogP) is 5.03. The summed E-state index contributed by atoms with van der Waals surface area (Å²) in [6, 6.07) is 17.8. The first-order valence-electron chi connectivity index (χ1n) is 9.43. The summed E-state index contributed by atoms with van der Waals surface area (Å²) >= 11 is 5.66. The molecule has 0 aliphatic carbocycles. The molecule has 3 rings (SSSR count). The minimum absolute atomic E-state index is 0.425. The molecular formula is C22H29N3S. The lowest BCUT2D eigenvalue weighted by Crippen LogP contribution is -2.54. The molecule has 2 aromatic carbocycles. The van der Waals surface area contributed by atoms with Crippen LogP contribution in [0.3, 0.4) is 0 Å². The second kappa shape index (κ2) is 8.09. The van der Waals surface area contributed by atoms with Gasteiger partial charge in [-0.2, -0.15) is 0 Å². The molecule has 0 aromatic heterocycles. The van der Waals surface area contributed by atoms with Crippen LogP contribution in [0, 0.1) is 6.92 Å². The molecule has 1 unspecified atom stereocenters. The summed E-state index contributed by atoms with van der Waals surface area (Å²) in [4.78, 5) is 4.75. The molecule has 0 saturated carbocycles. The summed E-state index contributed by atoms with van der Waals surface area (Å²) < 4.78 is 0. The van der Waals surface area contributed by atoms with Crippen LogP contribution in [-0.4, -0.2) is 35.7 Å². The molecule has 0 amide bonds. The molecule has 1 saturated heterocycles. The molecule has 1 N–H and O–H groups in total. The zero-order valence-electron chi connectivity index (χ0n) is 16.2. The minimum Gasteiger partial charge on any atom is -0.365 e. The largest absolute Gasteiger partial charge is 0.365 e. The van der Waals surface area contributed by atoms with E-state index in [1.54, 1.807) is 0 Å². The fourth-order valence-corrected chi connectivity index (χ4v) is 3.70. The predicted molar refractivity (Wildman–Crippen MR) is 116 cm³/mol. The third-order valence-corrected chi connectivity index (χ3v) is 5.47. The van der Waals surface area contributed by atoms with Crippen LogP contribution in [0.4, 0.5) is 11.4 Å². The zero-order valence-corrected chi connectivity index (χ0v) is 17.0. The highest BCUT2D eigenvalue weighted by atomic mass is 32.1. The fourth-order valence-electron chi connectivity index (χ4n) is 3.42. The summed E-state index contributed by atoms with van der Waals surface area (Å²) in [5, 5.41) is 4.22. The Labute approximate surface area is 163 Å². The van der Waals surface area contributed by atoms with E-state index in [4.69, 9.17) is 12.2 Å². The van der Waals surface area contributed by atoms with Crippen LogP contribution in [0.25, 0.3) is 0 Å². The van der Waals surface area contributed by atoms with Crippen LogP contribution in [0.15, 0.2) is 48.5 Å². The van der Waals surface area contributed by atoms with Crippen molar-refractivity contribution in [2.45, 2.75) is 39.7 Å². The van der Waals surface area contributed by atoms with Crippen molar-refractivity contribution in [3.05, 3.63) is 59.7 Å². The fraction of sp³-hybridized carbons (Fsp3) is 0.409. The molecule has 0 bridgehead atoms. The Morgan fingerprint density at radius 1 is 1.04 bits per heavy atom. The van der Waals surface area contributed by atoms with Gasteiger partial charge in [-0.15, -0.1) is 0 Å². The first-order valence-corrected chi connectivity index (χ1v) is 9.84. The van der Waals surface area contributed by atoms with Crippen LogP contribution >= 0.6 is 12.2 Å². The number of aryl methyl sites for hydroxylation is 1. The SMILES string of the molecule is Cc1ccc(N2CCN(C(=S)Nc3ccc(C(C)C)cc3)CC2C)cc1. The average Bonchev–Trinajstić information content (AvgIpc) is 2.63. The molecule has 1 fully saturated rings. The Bertz CT molecular complexity index is 737. The number of hydrogen-bond acceptors (Lipinski definition) is 2. The number of rotatable bonds is 3. The summed E-state index contributed by atoms with van der Waals surface area (Å²) in [6.45, 7) is 11.7. The van der Waals surface area contributed by atoms with Gasteiger partial charge in [-0.05, 0) is 61.8 Å². The van der Waals surface area contributed by atoms with Crippen molar-refractivity contribution >= 4 is 28.7 Å². The van der Waals surface area contributed by atoms with Crippen molar-refractivity contribution in [2.75, 3.05) is 29.9 Å². The molecular weight excluding hydrogens is 338 g/mol. The highest BCUT2D eigenvalue weighted by Gasteiger charge is 2.25. The van der Waals surface area contributed by atoms with Crippen LogP contribution in [-0.2, 0) is 0 Å². The second-order valence-corrected chi connectivity index (χ2v) is 7.92. The van der Waals surface area contributed by atoms with E-state index in [0.29, 0.717) is 12.0 Å². The molecule has 1 aliphatic rings. The molecule has 4 heteroatoms. The van der Waals surface area contributed by atoms with E-state index in [9.17, 15) is 0 Å². The number of piperazine rings is 1. The van der Waals surface area contributed by atoms with Crippen molar-refractivity contribution in [3.8, 4) is 0 Å². The van der Waals surface area contributed by atoms with Crippen molar-refractivity contribution in [1.82, 2.24) is 4.90 Å². The van der Waals surface area contributed by atoms with Gasteiger partial charge in [-0.25, -0.2) is 0 Å². The van der Waals surface area contributed by atoms with Crippen molar-refractivity contribution in [3.63, 3.8) is 0 Å². The number of benzene rings is 2. The molecule has 138 valence electrons. The van der Waals surface area contributed by atoms with Gasteiger partial charge in [0.2, 0.25) is 0 Å².